The summed E-state index contributed by atoms with van der Waals surface area (Å²) in [5.41, 5.74) is 8.74. The number of hydrogen-bond acceptors (Lipinski definition) is 3. The Balaban J connectivity index is 1.20. The van der Waals surface area contributed by atoms with Crippen LogP contribution in [0.4, 0.5) is 4.39 Å². The summed E-state index contributed by atoms with van der Waals surface area (Å²) in [5.74, 6) is -0.0646. The molecule has 1 saturated carbocycles. The van der Waals surface area contributed by atoms with Gasteiger partial charge >= 0.3 is 0 Å². The molecule has 1 aliphatic carbocycles. The van der Waals surface area contributed by atoms with Crippen LogP contribution in [0, 0.1) is 11.7 Å². The number of hydrazine groups is 1. The fourth-order valence-corrected chi connectivity index (χ4v) is 4.27. The Morgan fingerprint density at radius 3 is 2.61 bits per heavy atom. The van der Waals surface area contributed by atoms with E-state index in [2.05, 4.69) is 35.1 Å². The third-order valence-electron chi connectivity index (χ3n) is 6.02. The lowest BCUT2D eigenvalue weighted by Crippen LogP contribution is -2.33. The highest BCUT2D eigenvalue weighted by molar-refractivity contribution is 5.82. The first-order valence-corrected chi connectivity index (χ1v) is 10.2. The molecule has 28 heavy (non-hydrogen) atoms. The molecule has 2 aromatic carbocycles. The van der Waals surface area contributed by atoms with Crippen molar-refractivity contribution in [2.75, 3.05) is 13.6 Å². The number of nitrogens with zero attached hydrogens (tertiary/aromatic N) is 1. The molecule has 1 saturated heterocycles. The first-order chi connectivity index (χ1) is 13.6. The SMILES string of the molecule is CN(CCCC1CC(c2ccccc2)NN1)C(=O)C1CC1c1ccccc1F. The van der Waals surface area contributed by atoms with E-state index in [0.29, 0.717) is 17.6 Å². The molecule has 0 spiro atoms. The van der Waals surface area contributed by atoms with Crippen LogP contribution in [-0.2, 0) is 4.79 Å². The molecule has 0 radical (unpaired) electrons. The summed E-state index contributed by atoms with van der Waals surface area (Å²) in [6, 6.07) is 18.0. The summed E-state index contributed by atoms with van der Waals surface area (Å²) in [7, 11) is 1.87. The minimum Gasteiger partial charge on any atom is -0.346 e. The molecule has 2 fully saturated rings. The van der Waals surface area contributed by atoms with Gasteiger partial charge in [-0.25, -0.2) is 4.39 Å². The Labute approximate surface area is 166 Å². The molecule has 148 valence electrons. The van der Waals surface area contributed by atoms with Crippen molar-refractivity contribution >= 4 is 5.91 Å². The third kappa shape index (κ3) is 4.26. The van der Waals surface area contributed by atoms with Crippen molar-refractivity contribution in [3.05, 3.63) is 71.5 Å². The van der Waals surface area contributed by atoms with Gasteiger partial charge in [0.25, 0.3) is 0 Å². The van der Waals surface area contributed by atoms with Gasteiger partial charge in [0.1, 0.15) is 5.82 Å². The van der Waals surface area contributed by atoms with Crippen LogP contribution in [0.25, 0.3) is 0 Å². The maximum atomic E-state index is 13.9. The van der Waals surface area contributed by atoms with Gasteiger partial charge in [0, 0.05) is 31.6 Å². The molecular weight excluding hydrogens is 353 g/mol. The van der Waals surface area contributed by atoms with Gasteiger partial charge in [-0.05, 0) is 48.8 Å². The fourth-order valence-electron chi connectivity index (χ4n) is 4.27. The van der Waals surface area contributed by atoms with Crippen molar-refractivity contribution in [3.63, 3.8) is 0 Å². The van der Waals surface area contributed by atoms with Crippen molar-refractivity contribution in [1.29, 1.82) is 0 Å². The number of hydrogen-bond donors (Lipinski definition) is 2. The molecule has 4 rings (SSSR count). The number of halogens is 1. The molecule has 2 N–H and O–H groups in total. The van der Waals surface area contributed by atoms with E-state index in [1.165, 1.54) is 11.6 Å². The summed E-state index contributed by atoms with van der Waals surface area (Å²) in [6.07, 6.45) is 3.80. The van der Waals surface area contributed by atoms with E-state index >= 15 is 0 Å². The summed E-state index contributed by atoms with van der Waals surface area (Å²) >= 11 is 0. The zero-order valence-electron chi connectivity index (χ0n) is 16.3. The maximum absolute atomic E-state index is 13.9. The second-order valence-corrected chi connectivity index (χ2v) is 8.06. The predicted molar refractivity (Wildman–Crippen MR) is 108 cm³/mol. The highest BCUT2D eigenvalue weighted by atomic mass is 19.1. The van der Waals surface area contributed by atoms with Gasteiger partial charge in [-0.15, -0.1) is 0 Å². The standard InChI is InChI=1S/C23H28FN3O/c1-27(23(28)20-15-19(20)18-11-5-6-12-21(18)24)13-7-10-17-14-22(26-25-17)16-8-3-2-4-9-16/h2-6,8-9,11-12,17,19-20,22,25-26H,7,10,13-15H2,1H3. The lowest BCUT2D eigenvalue weighted by molar-refractivity contribution is -0.131. The number of carbonyl (C=O) groups is 1. The lowest BCUT2D eigenvalue weighted by atomic mass is 10.00. The average molecular weight is 381 g/mol. The molecule has 0 aromatic heterocycles. The van der Waals surface area contributed by atoms with Crippen LogP contribution in [0.15, 0.2) is 54.6 Å². The van der Waals surface area contributed by atoms with Crippen LogP contribution >= 0.6 is 0 Å². The Kier molecular flexibility index (Phi) is 5.74. The van der Waals surface area contributed by atoms with E-state index < -0.39 is 0 Å². The highest BCUT2D eigenvalue weighted by Gasteiger charge is 2.46. The van der Waals surface area contributed by atoms with Crippen LogP contribution in [0.3, 0.4) is 0 Å². The summed E-state index contributed by atoms with van der Waals surface area (Å²) in [5, 5.41) is 0. The smallest absolute Gasteiger partial charge is 0.226 e. The van der Waals surface area contributed by atoms with E-state index in [1.807, 2.05) is 24.1 Å². The topological polar surface area (TPSA) is 44.4 Å². The quantitative estimate of drug-likeness (QED) is 0.767. The Hall–Kier alpha value is -2.24. The Bertz CT molecular complexity index is 813. The number of nitrogens with one attached hydrogen (secondary N) is 2. The van der Waals surface area contributed by atoms with E-state index in [-0.39, 0.29) is 23.6 Å². The number of carbonyl (C=O) groups excluding carboxylic acids is 1. The largest absolute Gasteiger partial charge is 0.346 e. The van der Waals surface area contributed by atoms with Crippen LogP contribution < -0.4 is 10.9 Å². The second-order valence-electron chi connectivity index (χ2n) is 8.06. The normalized spacial score (nSPS) is 26.2. The molecular formula is C23H28FN3O. The number of amides is 1. The minimum absolute atomic E-state index is 0.0449. The number of rotatable bonds is 7. The molecule has 1 amide bonds. The molecule has 2 aliphatic rings. The highest BCUT2D eigenvalue weighted by Crippen LogP contribution is 2.49. The van der Waals surface area contributed by atoms with Gasteiger partial charge < -0.3 is 4.90 Å². The van der Waals surface area contributed by atoms with Crippen LogP contribution in [0.2, 0.25) is 0 Å². The Morgan fingerprint density at radius 2 is 1.82 bits per heavy atom. The fraction of sp³-hybridized carbons (Fsp3) is 0.435. The number of benzene rings is 2. The molecule has 5 heteroatoms. The zero-order chi connectivity index (χ0) is 19.5. The van der Waals surface area contributed by atoms with Crippen LogP contribution in [-0.4, -0.2) is 30.4 Å². The molecule has 4 unspecified atom stereocenters. The van der Waals surface area contributed by atoms with Crippen LogP contribution in [0.1, 0.15) is 48.8 Å². The first-order valence-electron chi connectivity index (χ1n) is 10.2. The molecule has 4 atom stereocenters. The summed E-state index contributed by atoms with van der Waals surface area (Å²) in [6.45, 7) is 0.744. The summed E-state index contributed by atoms with van der Waals surface area (Å²) in [4.78, 5) is 14.5. The summed E-state index contributed by atoms with van der Waals surface area (Å²) < 4.78 is 13.9. The molecule has 0 bridgehead atoms. The maximum Gasteiger partial charge on any atom is 0.226 e. The average Bonchev–Trinajstić information content (AvgIpc) is 3.37. The second kappa shape index (κ2) is 8.41. The van der Waals surface area contributed by atoms with Crippen molar-refractivity contribution in [2.45, 2.75) is 43.7 Å². The molecule has 1 heterocycles. The van der Waals surface area contributed by atoms with Crippen molar-refractivity contribution < 1.29 is 9.18 Å². The molecule has 1 aliphatic heterocycles. The van der Waals surface area contributed by atoms with Crippen molar-refractivity contribution in [3.8, 4) is 0 Å². The third-order valence-corrected chi connectivity index (χ3v) is 6.02. The minimum atomic E-state index is -0.196. The van der Waals surface area contributed by atoms with Crippen molar-refractivity contribution in [2.24, 2.45) is 5.92 Å². The van der Waals surface area contributed by atoms with Gasteiger partial charge in [-0.2, -0.15) is 0 Å². The van der Waals surface area contributed by atoms with Gasteiger partial charge in [-0.3, -0.25) is 15.6 Å². The monoisotopic (exact) mass is 381 g/mol. The van der Waals surface area contributed by atoms with Gasteiger partial charge in [0.15, 0.2) is 0 Å². The van der Waals surface area contributed by atoms with Crippen LogP contribution in [0.5, 0.6) is 0 Å². The molecule has 2 aromatic rings. The predicted octanol–water partition coefficient (Wildman–Crippen LogP) is 3.78. The van der Waals surface area contributed by atoms with Gasteiger partial charge in [0.2, 0.25) is 5.91 Å². The van der Waals surface area contributed by atoms with Gasteiger partial charge in [-0.1, -0.05) is 48.5 Å². The van der Waals surface area contributed by atoms with E-state index in [1.54, 1.807) is 12.1 Å². The van der Waals surface area contributed by atoms with Gasteiger partial charge in [0.05, 0.1) is 0 Å². The van der Waals surface area contributed by atoms with E-state index in [0.717, 1.165) is 32.2 Å². The Morgan fingerprint density at radius 1 is 1.07 bits per heavy atom. The first kappa shape index (κ1) is 19.1. The van der Waals surface area contributed by atoms with Crippen molar-refractivity contribution in [1.82, 2.24) is 15.8 Å². The lowest BCUT2D eigenvalue weighted by Gasteiger charge is -2.18. The van der Waals surface area contributed by atoms with E-state index in [9.17, 15) is 9.18 Å². The molecule has 4 nitrogen and oxygen atoms in total. The zero-order valence-corrected chi connectivity index (χ0v) is 16.3. The van der Waals surface area contributed by atoms with E-state index in [4.69, 9.17) is 0 Å².